The molecule has 3 N–H and O–H groups in total. The molecule has 20 heavy (non-hydrogen) atoms. The summed E-state index contributed by atoms with van der Waals surface area (Å²) in [5.74, 6) is 2.90. The molecule has 0 aromatic carbocycles. The van der Waals surface area contributed by atoms with Gasteiger partial charge in [0.2, 0.25) is 0 Å². The van der Waals surface area contributed by atoms with E-state index in [2.05, 4.69) is 41.4 Å². The number of hydrogen-bond donors (Lipinski definition) is 3. The second-order valence-electron chi connectivity index (χ2n) is 5.55. The number of aromatic nitrogens is 2. The fraction of sp³-hybridized carbons (Fsp3) is 0.733. The molecule has 0 saturated carbocycles. The molecule has 0 bridgehead atoms. The smallest absolute Gasteiger partial charge is 0.135 e. The number of aliphatic hydroxyl groups is 1. The number of aliphatic hydroxyl groups excluding tert-OH is 1. The summed E-state index contributed by atoms with van der Waals surface area (Å²) in [6, 6.07) is 0. The minimum Gasteiger partial charge on any atom is -0.393 e. The van der Waals surface area contributed by atoms with Crippen LogP contribution in [0, 0.1) is 6.92 Å². The van der Waals surface area contributed by atoms with Gasteiger partial charge in [0.25, 0.3) is 0 Å². The van der Waals surface area contributed by atoms with Gasteiger partial charge in [-0.3, -0.25) is 0 Å². The fourth-order valence-corrected chi connectivity index (χ4v) is 1.78. The lowest BCUT2D eigenvalue weighted by molar-refractivity contribution is 0.188. The van der Waals surface area contributed by atoms with Crippen LogP contribution < -0.4 is 10.6 Å². The first-order valence-electron chi connectivity index (χ1n) is 7.50. The van der Waals surface area contributed by atoms with E-state index in [0.717, 1.165) is 36.0 Å². The molecule has 1 aromatic rings. The fourth-order valence-electron chi connectivity index (χ4n) is 1.78. The summed E-state index contributed by atoms with van der Waals surface area (Å²) in [5.41, 5.74) is 1.04. The van der Waals surface area contributed by atoms with Crippen molar-refractivity contribution in [2.45, 2.75) is 59.5 Å². The molecule has 5 nitrogen and oxygen atoms in total. The standard InChI is InChI=1S/C15H28N4O/c1-6-8-16-14-12(5)15(17-9-7-11(4)20)19-13(18-14)10(2)3/h10-11,20H,6-9H2,1-5H3,(H2,16,17,18,19). The van der Waals surface area contributed by atoms with Gasteiger partial charge in [-0.15, -0.1) is 0 Å². The van der Waals surface area contributed by atoms with Crippen molar-refractivity contribution in [3.63, 3.8) is 0 Å². The summed E-state index contributed by atoms with van der Waals surface area (Å²) < 4.78 is 0. The van der Waals surface area contributed by atoms with Gasteiger partial charge >= 0.3 is 0 Å². The van der Waals surface area contributed by atoms with Crippen LogP contribution in [-0.4, -0.2) is 34.3 Å². The largest absolute Gasteiger partial charge is 0.393 e. The van der Waals surface area contributed by atoms with Gasteiger partial charge in [-0.1, -0.05) is 20.8 Å². The van der Waals surface area contributed by atoms with Gasteiger partial charge in [0.1, 0.15) is 17.5 Å². The second kappa shape index (κ2) is 8.04. The average Bonchev–Trinajstić information content (AvgIpc) is 2.38. The Morgan fingerprint density at radius 2 is 1.60 bits per heavy atom. The molecule has 0 aliphatic heterocycles. The second-order valence-corrected chi connectivity index (χ2v) is 5.55. The van der Waals surface area contributed by atoms with E-state index in [9.17, 15) is 5.11 Å². The van der Waals surface area contributed by atoms with Crippen LogP contribution in [0.1, 0.15) is 57.8 Å². The Hall–Kier alpha value is -1.36. The van der Waals surface area contributed by atoms with Crippen LogP contribution in [-0.2, 0) is 0 Å². The number of nitrogens with one attached hydrogen (secondary N) is 2. The van der Waals surface area contributed by atoms with Gasteiger partial charge in [0.05, 0.1) is 6.10 Å². The highest BCUT2D eigenvalue weighted by Gasteiger charge is 2.12. The van der Waals surface area contributed by atoms with Crippen LogP contribution in [0.5, 0.6) is 0 Å². The Balaban J connectivity index is 2.92. The predicted octanol–water partition coefficient (Wildman–Crippen LogP) is 2.91. The molecule has 1 rings (SSSR count). The Morgan fingerprint density at radius 3 is 2.05 bits per heavy atom. The van der Waals surface area contributed by atoms with Crippen LogP contribution in [0.4, 0.5) is 11.6 Å². The number of rotatable bonds is 8. The van der Waals surface area contributed by atoms with Crippen LogP contribution in [0.2, 0.25) is 0 Å². The third-order valence-electron chi connectivity index (χ3n) is 3.08. The zero-order valence-electron chi connectivity index (χ0n) is 13.3. The zero-order chi connectivity index (χ0) is 15.1. The van der Waals surface area contributed by atoms with Crippen molar-refractivity contribution in [1.82, 2.24) is 9.97 Å². The van der Waals surface area contributed by atoms with Crippen LogP contribution in [0.25, 0.3) is 0 Å². The van der Waals surface area contributed by atoms with Crippen LogP contribution in [0.15, 0.2) is 0 Å². The van der Waals surface area contributed by atoms with Crippen molar-refractivity contribution in [2.24, 2.45) is 0 Å². The third kappa shape index (κ3) is 4.96. The minimum atomic E-state index is -0.299. The lowest BCUT2D eigenvalue weighted by atomic mass is 10.2. The first-order chi connectivity index (χ1) is 9.45. The van der Waals surface area contributed by atoms with Gasteiger partial charge in [0.15, 0.2) is 0 Å². The number of hydrogen-bond acceptors (Lipinski definition) is 5. The Labute approximate surface area is 122 Å². The molecule has 1 atom stereocenters. The summed E-state index contributed by atoms with van der Waals surface area (Å²) in [4.78, 5) is 9.20. The van der Waals surface area contributed by atoms with Crippen LogP contribution >= 0.6 is 0 Å². The maximum atomic E-state index is 9.33. The van der Waals surface area contributed by atoms with E-state index in [-0.39, 0.29) is 12.0 Å². The van der Waals surface area contributed by atoms with Crippen molar-refractivity contribution >= 4 is 11.6 Å². The average molecular weight is 280 g/mol. The van der Waals surface area contributed by atoms with E-state index in [1.54, 1.807) is 6.92 Å². The van der Waals surface area contributed by atoms with E-state index in [0.29, 0.717) is 13.0 Å². The third-order valence-corrected chi connectivity index (χ3v) is 3.08. The summed E-state index contributed by atoms with van der Waals surface area (Å²) in [7, 11) is 0. The van der Waals surface area contributed by atoms with E-state index in [4.69, 9.17) is 0 Å². The minimum absolute atomic E-state index is 0.287. The maximum absolute atomic E-state index is 9.33. The zero-order valence-corrected chi connectivity index (χ0v) is 13.3. The van der Waals surface area contributed by atoms with E-state index in [1.165, 1.54) is 0 Å². The summed E-state index contributed by atoms with van der Waals surface area (Å²) in [6.45, 7) is 11.7. The van der Waals surface area contributed by atoms with Crippen molar-refractivity contribution in [3.8, 4) is 0 Å². The molecule has 5 heteroatoms. The molecule has 0 amide bonds. The van der Waals surface area contributed by atoms with E-state index >= 15 is 0 Å². The van der Waals surface area contributed by atoms with Crippen molar-refractivity contribution < 1.29 is 5.11 Å². The molecule has 1 unspecified atom stereocenters. The lowest BCUT2D eigenvalue weighted by Crippen LogP contribution is -2.15. The van der Waals surface area contributed by atoms with Gasteiger partial charge in [-0.2, -0.15) is 0 Å². The van der Waals surface area contributed by atoms with Gasteiger partial charge in [-0.25, -0.2) is 9.97 Å². The molecular formula is C15H28N4O. The van der Waals surface area contributed by atoms with Crippen molar-refractivity contribution in [1.29, 1.82) is 0 Å². The Morgan fingerprint density at radius 1 is 1.05 bits per heavy atom. The molecule has 1 heterocycles. The van der Waals surface area contributed by atoms with E-state index < -0.39 is 0 Å². The van der Waals surface area contributed by atoms with E-state index in [1.807, 2.05) is 6.92 Å². The topological polar surface area (TPSA) is 70.1 Å². The van der Waals surface area contributed by atoms with Gasteiger partial charge in [0, 0.05) is 24.6 Å². The molecule has 0 aliphatic carbocycles. The molecule has 0 fully saturated rings. The highest BCUT2D eigenvalue weighted by Crippen LogP contribution is 2.23. The first kappa shape index (κ1) is 16.7. The molecule has 1 aromatic heterocycles. The monoisotopic (exact) mass is 280 g/mol. The molecule has 0 spiro atoms. The lowest BCUT2D eigenvalue weighted by Gasteiger charge is -2.16. The Bertz CT molecular complexity index is 419. The highest BCUT2D eigenvalue weighted by atomic mass is 16.3. The molecule has 0 aliphatic rings. The molecule has 114 valence electrons. The van der Waals surface area contributed by atoms with Crippen molar-refractivity contribution in [3.05, 3.63) is 11.4 Å². The summed E-state index contributed by atoms with van der Waals surface area (Å²) >= 11 is 0. The maximum Gasteiger partial charge on any atom is 0.135 e. The molecular weight excluding hydrogens is 252 g/mol. The first-order valence-corrected chi connectivity index (χ1v) is 7.50. The van der Waals surface area contributed by atoms with Crippen LogP contribution in [0.3, 0.4) is 0 Å². The number of anilines is 2. The number of nitrogens with zero attached hydrogens (tertiary/aromatic N) is 2. The SMILES string of the molecule is CCCNc1nc(C(C)C)nc(NCCC(C)O)c1C. The van der Waals surface area contributed by atoms with Gasteiger partial charge in [-0.05, 0) is 26.7 Å². The normalized spacial score (nSPS) is 12.6. The Kier molecular flexibility index (Phi) is 6.71. The molecule has 0 radical (unpaired) electrons. The molecule has 0 saturated heterocycles. The predicted molar refractivity (Wildman–Crippen MR) is 84.4 cm³/mol. The quantitative estimate of drug-likeness (QED) is 0.683. The van der Waals surface area contributed by atoms with Gasteiger partial charge < -0.3 is 15.7 Å². The summed E-state index contributed by atoms with van der Waals surface area (Å²) in [6.07, 6.45) is 1.47. The highest BCUT2D eigenvalue weighted by molar-refractivity contribution is 5.57. The van der Waals surface area contributed by atoms with Crippen molar-refractivity contribution in [2.75, 3.05) is 23.7 Å². The summed E-state index contributed by atoms with van der Waals surface area (Å²) in [5, 5.41) is 16.0.